The summed E-state index contributed by atoms with van der Waals surface area (Å²) in [5.74, 6) is -0.0269. The van der Waals surface area contributed by atoms with Crippen molar-refractivity contribution in [2.45, 2.75) is 25.9 Å². The van der Waals surface area contributed by atoms with Gasteiger partial charge in [-0.1, -0.05) is 11.6 Å². The van der Waals surface area contributed by atoms with E-state index in [0.29, 0.717) is 17.9 Å². The number of non-ortho nitro benzene ring substituents is 1. The molecule has 9 nitrogen and oxygen atoms in total. The van der Waals surface area contributed by atoms with Crippen LogP contribution in [0, 0.1) is 10.1 Å². The maximum absolute atomic E-state index is 12.1. The highest BCUT2D eigenvalue weighted by atomic mass is 35.5. The summed E-state index contributed by atoms with van der Waals surface area (Å²) in [5.41, 5.74) is 1.59. The zero-order valence-electron chi connectivity index (χ0n) is 16.4. The summed E-state index contributed by atoms with van der Waals surface area (Å²) < 4.78 is 0. The Morgan fingerprint density at radius 2 is 1.93 bits per heavy atom. The molecule has 1 atom stereocenters. The zero-order valence-corrected chi connectivity index (χ0v) is 17.2. The van der Waals surface area contributed by atoms with Crippen LogP contribution in [0.25, 0.3) is 0 Å². The lowest BCUT2D eigenvalue weighted by molar-refractivity contribution is -0.384. The fourth-order valence-electron chi connectivity index (χ4n) is 2.63. The summed E-state index contributed by atoms with van der Waals surface area (Å²) in [6.45, 7) is 2.40. The maximum atomic E-state index is 12.1. The molecular formula is C20H23ClN4O5. The number of nitro benzene ring substituents is 1. The van der Waals surface area contributed by atoms with Gasteiger partial charge in [0.25, 0.3) is 5.69 Å². The molecule has 0 heterocycles. The first-order chi connectivity index (χ1) is 14.3. The van der Waals surface area contributed by atoms with Crippen molar-refractivity contribution in [3.63, 3.8) is 0 Å². The van der Waals surface area contributed by atoms with Crippen molar-refractivity contribution < 1.29 is 19.9 Å². The summed E-state index contributed by atoms with van der Waals surface area (Å²) in [6.07, 6.45) is -0.448. The van der Waals surface area contributed by atoms with Crippen LogP contribution < -0.4 is 4.90 Å². The number of Topliss-reactive ketones (excluding diaryl/α,β-unsaturated/α-hetero) is 1. The van der Waals surface area contributed by atoms with E-state index in [-0.39, 0.29) is 42.5 Å². The van der Waals surface area contributed by atoms with Crippen LogP contribution in [-0.4, -0.2) is 46.7 Å². The fourth-order valence-corrected chi connectivity index (χ4v) is 2.84. The summed E-state index contributed by atoms with van der Waals surface area (Å²) >= 11 is 6.00. The molecule has 0 aliphatic rings. The molecular weight excluding hydrogens is 412 g/mol. The van der Waals surface area contributed by atoms with Crippen LogP contribution >= 0.6 is 11.6 Å². The lowest BCUT2D eigenvalue weighted by atomic mass is 10.1. The lowest BCUT2D eigenvalue weighted by Gasteiger charge is -2.22. The molecule has 2 rings (SSSR count). The molecule has 0 saturated carbocycles. The van der Waals surface area contributed by atoms with Gasteiger partial charge in [0.05, 0.1) is 34.9 Å². The predicted octanol–water partition coefficient (Wildman–Crippen LogP) is 4.19. The summed E-state index contributed by atoms with van der Waals surface area (Å²) in [7, 11) is 0. The highest BCUT2D eigenvalue weighted by molar-refractivity contribution is 6.33. The second-order valence-corrected chi connectivity index (χ2v) is 6.94. The standard InChI is InChI=1S/C20H23ClN4O5/c1-2-24(12-17(27)8-9-18(28)13-26)15-5-3-14(4-6-15)22-23-20-10-7-16(25(29)30)11-19(20)21/h3-7,10-11,18,26,28H,2,8-9,12-13H2,1H3. The van der Waals surface area contributed by atoms with Gasteiger partial charge in [-0.05, 0) is 43.7 Å². The van der Waals surface area contributed by atoms with Crippen LogP contribution in [0.5, 0.6) is 0 Å². The second kappa shape index (κ2) is 11.3. The summed E-state index contributed by atoms with van der Waals surface area (Å²) in [5, 5.41) is 37.2. The monoisotopic (exact) mass is 434 g/mol. The quantitative estimate of drug-likeness (QED) is 0.310. The van der Waals surface area contributed by atoms with E-state index in [1.165, 1.54) is 18.2 Å². The van der Waals surface area contributed by atoms with Gasteiger partial charge in [-0.25, -0.2) is 0 Å². The number of halogens is 1. The molecule has 2 aromatic carbocycles. The summed E-state index contributed by atoms with van der Waals surface area (Å²) in [4.78, 5) is 24.2. The average Bonchev–Trinajstić information content (AvgIpc) is 2.75. The smallest absolute Gasteiger partial charge is 0.271 e. The van der Waals surface area contributed by atoms with Crippen LogP contribution in [0.3, 0.4) is 0 Å². The highest BCUT2D eigenvalue weighted by Gasteiger charge is 2.13. The van der Waals surface area contributed by atoms with Gasteiger partial charge >= 0.3 is 0 Å². The number of rotatable bonds is 11. The van der Waals surface area contributed by atoms with Gasteiger partial charge in [0.2, 0.25) is 0 Å². The van der Waals surface area contributed by atoms with Gasteiger partial charge in [-0.3, -0.25) is 14.9 Å². The Labute approximate surface area is 178 Å². The van der Waals surface area contributed by atoms with Gasteiger partial charge in [0.15, 0.2) is 5.78 Å². The SMILES string of the molecule is CCN(CC(=O)CCC(O)CO)c1ccc(N=Nc2ccc([N+](=O)[O-])cc2Cl)cc1. The molecule has 0 aliphatic heterocycles. The minimum Gasteiger partial charge on any atom is -0.394 e. The van der Waals surface area contributed by atoms with E-state index in [0.717, 1.165) is 5.69 Å². The number of anilines is 1. The Kier molecular flexibility index (Phi) is 8.85. The maximum Gasteiger partial charge on any atom is 0.271 e. The van der Waals surface area contributed by atoms with Crippen molar-refractivity contribution in [1.82, 2.24) is 0 Å². The highest BCUT2D eigenvalue weighted by Crippen LogP contribution is 2.30. The van der Waals surface area contributed by atoms with Gasteiger partial charge in [0, 0.05) is 30.8 Å². The molecule has 30 heavy (non-hydrogen) atoms. The van der Waals surface area contributed by atoms with Gasteiger partial charge < -0.3 is 15.1 Å². The van der Waals surface area contributed by atoms with Crippen molar-refractivity contribution in [3.8, 4) is 0 Å². The Hall–Kier alpha value is -2.88. The van der Waals surface area contributed by atoms with Crippen LogP contribution in [0.4, 0.5) is 22.7 Å². The number of likely N-dealkylation sites (N-methyl/N-ethyl adjacent to an activating group) is 1. The molecule has 2 N–H and O–H groups in total. The molecule has 0 amide bonds. The first-order valence-corrected chi connectivity index (χ1v) is 9.73. The predicted molar refractivity (Wildman–Crippen MR) is 114 cm³/mol. The van der Waals surface area contributed by atoms with E-state index in [9.17, 15) is 20.0 Å². The topological polar surface area (TPSA) is 129 Å². The third kappa shape index (κ3) is 6.87. The molecule has 10 heteroatoms. The van der Waals surface area contributed by atoms with E-state index < -0.39 is 11.0 Å². The lowest BCUT2D eigenvalue weighted by Crippen LogP contribution is -2.30. The Morgan fingerprint density at radius 1 is 1.23 bits per heavy atom. The van der Waals surface area contributed by atoms with Crippen molar-refractivity contribution in [3.05, 3.63) is 57.6 Å². The Morgan fingerprint density at radius 3 is 2.50 bits per heavy atom. The normalized spacial score (nSPS) is 12.1. The first kappa shape index (κ1) is 23.4. The van der Waals surface area contributed by atoms with Gasteiger partial charge in [0.1, 0.15) is 5.69 Å². The van der Waals surface area contributed by atoms with Crippen LogP contribution in [0.15, 0.2) is 52.7 Å². The molecule has 0 saturated heterocycles. The number of aliphatic hydroxyl groups excluding tert-OH is 2. The van der Waals surface area contributed by atoms with Crippen LogP contribution in [-0.2, 0) is 4.79 Å². The van der Waals surface area contributed by atoms with Gasteiger partial charge in [-0.2, -0.15) is 5.11 Å². The van der Waals surface area contributed by atoms with E-state index in [2.05, 4.69) is 10.2 Å². The molecule has 0 aromatic heterocycles. The van der Waals surface area contributed by atoms with E-state index in [1.807, 2.05) is 24.0 Å². The van der Waals surface area contributed by atoms with Gasteiger partial charge in [-0.15, -0.1) is 5.11 Å². The Balaban J connectivity index is 2.01. The van der Waals surface area contributed by atoms with Crippen molar-refractivity contribution in [1.29, 1.82) is 0 Å². The van der Waals surface area contributed by atoms with Crippen molar-refractivity contribution >= 4 is 40.1 Å². The largest absolute Gasteiger partial charge is 0.394 e. The first-order valence-electron chi connectivity index (χ1n) is 9.35. The number of hydrogen-bond donors (Lipinski definition) is 2. The number of nitrogens with zero attached hydrogens (tertiary/aromatic N) is 4. The van der Waals surface area contributed by atoms with Crippen molar-refractivity contribution in [2.75, 3.05) is 24.6 Å². The minimum absolute atomic E-state index is 0.0269. The number of hydrogen-bond acceptors (Lipinski definition) is 8. The zero-order chi connectivity index (χ0) is 22.1. The number of benzene rings is 2. The fraction of sp³-hybridized carbons (Fsp3) is 0.350. The number of carbonyl (C=O) groups excluding carboxylic acids is 1. The molecule has 160 valence electrons. The average molecular weight is 435 g/mol. The molecule has 2 aromatic rings. The minimum atomic E-state index is -0.877. The number of aliphatic hydroxyl groups is 2. The molecule has 0 bridgehead atoms. The molecule has 0 spiro atoms. The molecule has 0 radical (unpaired) electrons. The molecule has 0 fully saturated rings. The van der Waals surface area contributed by atoms with Crippen LogP contribution in [0.1, 0.15) is 19.8 Å². The van der Waals surface area contributed by atoms with E-state index in [4.69, 9.17) is 16.7 Å². The van der Waals surface area contributed by atoms with E-state index in [1.54, 1.807) is 12.1 Å². The summed E-state index contributed by atoms with van der Waals surface area (Å²) in [6, 6.07) is 11.0. The Bertz CT molecular complexity index is 905. The number of nitro groups is 1. The second-order valence-electron chi connectivity index (χ2n) is 6.54. The number of ketones is 1. The number of carbonyl (C=O) groups is 1. The third-order valence-electron chi connectivity index (χ3n) is 4.35. The van der Waals surface area contributed by atoms with E-state index >= 15 is 0 Å². The van der Waals surface area contributed by atoms with Crippen LogP contribution in [0.2, 0.25) is 5.02 Å². The molecule has 1 unspecified atom stereocenters. The van der Waals surface area contributed by atoms with Crippen molar-refractivity contribution in [2.24, 2.45) is 10.2 Å². The number of azo groups is 1. The molecule has 0 aliphatic carbocycles. The third-order valence-corrected chi connectivity index (χ3v) is 4.65.